The molecular formula is C11H14N4S. The molecule has 0 aliphatic rings. The fourth-order valence-corrected chi connectivity index (χ4v) is 2.39. The summed E-state index contributed by atoms with van der Waals surface area (Å²) in [5, 5.41) is 8.80. The van der Waals surface area contributed by atoms with Gasteiger partial charge in [0.25, 0.3) is 0 Å². The number of rotatable bonds is 4. The number of thioether (sulfide) groups is 1. The SMILES string of the molecule is CCn1c(N)nnc1SCc1ccccc1. The smallest absolute Gasteiger partial charge is 0.222 e. The van der Waals surface area contributed by atoms with E-state index in [4.69, 9.17) is 5.73 Å². The Morgan fingerprint density at radius 2 is 2.00 bits per heavy atom. The highest BCUT2D eigenvalue weighted by atomic mass is 32.2. The lowest BCUT2D eigenvalue weighted by atomic mass is 10.2. The Bertz CT molecular complexity index is 452. The Kier molecular flexibility index (Phi) is 3.46. The van der Waals surface area contributed by atoms with E-state index in [2.05, 4.69) is 22.3 Å². The molecular weight excluding hydrogens is 220 g/mol. The van der Waals surface area contributed by atoms with Gasteiger partial charge in [-0.1, -0.05) is 42.1 Å². The van der Waals surface area contributed by atoms with E-state index in [1.165, 1.54) is 5.56 Å². The van der Waals surface area contributed by atoms with Gasteiger partial charge in [0.15, 0.2) is 5.16 Å². The van der Waals surface area contributed by atoms with Crippen LogP contribution in [0.25, 0.3) is 0 Å². The van der Waals surface area contributed by atoms with E-state index in [9.17, 15) is 0 Å². The van der Waals surface area contributed by atoms with Crippen LogP contribution in [0, 0.1) is 0 Å². The Morgan fingerprint density at radius 3 is 2.69 bits per heavy atom. The van der Waals surface area contributed by atoms with E-state index in [1.807, 2.05) is 29.7 Å². The highest BCUT2D eigenvalue weighted by molar-refractivity contribution is 7.98. The monoisotopic (exact) mass is 234 g/mol. The molecule has 1 aromatic carbocycles. The lowest BCUT2D eigenvalue weighted by Crippen LogP contribution is -2.02. The summed E-state index contributed by atoms with van der Waals surface area (Å²) >= 11 is 1.65. The zero-order chi connectivity index (χ0) is 11.4. The minimum atomic E-state index is 0.484. The van der Waals surface area contributed by atoms with Gasteiger partial charge in [0.2, 0.25) is 5.95 Å². The van der Waals surface area contributed by atoms with Gasteiger partial charge >= 0.3 is 0 Å². The Morgan fingerprint density at radius 1 is 1.25 bits per heavy atom. The first-order valence-electron chi connectivity index (χ1n) is 5.16. The van der Waals surface area contributed by atoms with Crippen molar-refractivity contribution in [3.8, 4) is 0 Å². The normalized spacial score (nSPS) is 10.6. The van der Waals surface area contributed by atoms with E-state index >= 15 is 0 Å². The fourth-order valence-electron chi connectivity index (χ4n) is 1.43. The van der Waals surface area contributed by atoms with Crippen LogP contribution in [0.2, 0.25) is 0 Å². The number of benzene rings is 1. The number of nitrogens with two attached hydrogens (primary N) is 1. The van der Waals surface area contributed by atoms with E-state index < -0.39 is 0 Å². The predicted octanol–water partition coefficient (Wildman–Crippen LogP) is 2.17. The molecule has 2 aromatic rings. The third-order valence-corrected chi connectivity index (χ3v) is 3.31. The molecule has 0 amide bonds. The highest BCUT2D eigenvalue weighted by Gasteiger charge is 2.07. The zero-order valence-corrected chi connectivity index (χ0v) is 9.94. The van der Waals surface area contributed by atoms with Crippen LogP contribution in [0.1, 0.15) is 12.5 Å². The van der Waals surface area contributed by atoms with E-state index in [-0.39, 0.29) is 0 Å². The molecule has 0 unspecified atom stereocenters. The van der Waals surface area contributed by atoms with Gasteiger partial charge in [-0.3, -0.25) is 4.57 Å². The summed E-state index contributed by atoms with van der Waals surface area (Å²) in [6.45, 7) is 2.84. The largest absolute Gasteiger partial charge is 0.368 e. The van der Waals surface area contributed by atoms with Crippen molar-refractivity contribution in [2.24, 2.45) is 0 Å². The number of hydrogen-bond donors (Lipinski definition) is 1. The fraction of sp³-hybridized carbons (Fsp3) is 0.273. The molecule has 16 heavy (non-hydrogen) atoms. The van der Waals surface area contributed by atoms with E-state index in [0.29, 0.717) is 5.95 Å². The highest BCUT2D eigenvalue weighted by Crippen LogP contribution is 2.22. The average molecular weight is 234 g/mol. The number of nitrogens with zero attached hydrogens (tertiary/aromatic N) is 3. The maximum absolute atomic E-state index is 5.70. The Hall–Kier alpha value is -1.49. The van der Waals surface area contributed by atoms with Gasteiger partial charge in [-0.2, -0.15) is 0 Å². The second kappa shape index (κ2) is 5.03. The van der Waals surface area contributed by atoms with Gasteiger partial charge in [-0.05, 0) is 12.5 Å². The first kappa shape index (κ1) is 11.0. The summed E-state index contributed by atoms with van der Waals surface area (Å²) in [5.41, 5.74) is 6.97. The molecule has 1 heterocycles. The molecule has 0 atom stereocenters. The van der Waals surface area contributed by atoms with Crippen LogP contribution in [0.15, 0.2) is 35.5 Å². The van der Waals surface area contributed by atoms with Crippen LogP contribution < -0.4 is 5.73 Å². The van der Waals surface area contributed by atoms with Crippen molar-refractivity contribution in [1.82, 2.24) is 14.8 Å². The Labute approximate surface area is 98.9 Å². The van der Waals surface area contributed by atoms with Gasteiger partial charge in [-0.25, -0.2) is 0 Å². The van der Waals surface area contributed by atoms with Crippen molar-refractivity contribution in [2.45, 2.75) is 24.4 Å². The third-order valence-electron chi connectivity index (χ3n) is 2.27. The lowest BCUT2D eigenvalue weighted by molar-refractivity contribution is 0.689. The number of anilines is 1. The number of nitrogen functional groups attached to an aromatic ring is 1. The van der Waals surface area contributed by atoms with Crippen LogP contribution in [0.3, 0.4) is 0 Å². The molecule has 84 valence electrons. The minimum Gasteiger partial charge on any atom is -0.368 e. The first-order chi connectivity index (χ1) is 7.81. The summed E-state index contributed by atoms with van der Waals surface area (Å²) in [6, 6.07) is 10.3. The van der Waals surface area contributed by atoms with Crippen LogP contribution in [-0.4, -0.2) is 14.8 Å². The van der Waals surface area contributed by atoms with Crippen molar-refractivity contribution in [1.29, 1.82) is 0 Å². The van der Waals surface area contributed by atoms with Gasteiger partial charge in [-0.15, -0.1) is 10.2 Å². The average Bonchev–Trinajstić information content (AvgIpc) is 2.68. The third kappa shape index (κ3) is 2.36. The predicted molar refractivity (Wildman–Crippen MR) is 66.1 cm³/mol. The van der Waals surface area contributed by atoms with Crippen molar-refractivity contribution < 1.29 is 0 Å². The van der Waals surface area contributed by atoms with E-state index in [1.54, 1.807) is 11.8 Å². The molecule has 0 saturated heterocycles. The van der Waals surface area contributed by atoms with Crippen molar-refractivity contribution >= 4 is 17.7 Å². The summed E-state index contributed by atoms with van der Waals surface area (Å²) < 4.78 is 1.91. The van der Waals surface area contributed by atoms with Crippen LogP contribution in [-0.2, 0) is 12.3 Å². The molecule has 1 aromatic heterocycles. The second-order valence-corrected chi connectivity index (χ2v) is 4.30. The maximum atomic E-state index is 5.70. The molecule has 0 saturated carbocycles. The molecule has 0 fully saturated rings. The van der Waals surface area contributed by atoms with Crippen LogP contribution in [0.4, 0.5) is 5.95 Å². The van der Waals surface area contributed by atoms with Crippen LogP contribution >= 0.6 is 11.8 Å². The molecule has 2 rings (SSSR count). The zero-order valence-electron chi connectivity index (χ0n) is 9.13. The van der Waals surface area contributed by atoms with Gasteiger partial charge in [0.1, 0.15) is 0 Å². The van der Waals surface area contributed by atoms with Gasteiger partial charge in [0, 0.05) is 12.3 Å². The molecule has 5 heteroatoms. The topological polar surface area (TPSA) is 56.7 Å². The standard InChI is InChI=1S/C11H14N4S/c1-2-15-10(12)13-14-11(15)16-8-9-6-4-3-5-7-9/h3-7H,2,8H2,1H3,(H2,12,13). The van der Waals surface area contributed by atoms with Crippen molar-refractivity contribution in [3.05, 3.63) is 35.9 Å². The van der Waals surface area contributed by atoms with Gasteiger partial charge in [0.05, 0.1) is 0 Å². The maximum Gasteiger partial charge on any atom is 0.222 e. The number of hydrogen-bond acceptors (Lipinski definition) is 4. The summed E-state index contributed by atoms with van der Waals surface area (Å²) in [6.07, 6.45) is 0. The quantitative estimate of drug-likeness (QED) is 0.824. The lowest BCUT2D eigenvalue weighted by Gasteiger charge is -2.04. The summed E-state index contributed by atoms with van der Waals surface area (Å²) in [4.78, 5) is 0. The molecule has 0 aliphatic heterocycles. The second-order valence-electron chi connectivity index (χ2n) is 3.36. The molecule has 0 radical (unpaired) electrons. The van der Waals surface area contributed by atoms with Gasteiger partial charge < -0.3 is 5.73 Å². The van der Waals surface area contributed by atoms with E-state index in [0.717, 1.165) is 17.5 Å². The molecule has 4 nitrogen and oxygen atoms in total. The molecule has 0 spiro atoms. The molecule has 0 bridgehead atoms. The van der Waals surface area contributed by atoms with Crippen LogP contribution in [0.5, 0.6) is 0 Å². The van der Waals surface area contributed by atoms with Crippen molar-refractivity contribution in [3.63, 3.8) is 0 Å². The number of aromatic nitrogens is 3. The summed E-state index contributed by atoms with van der Waals surface area (Å²) in [7, 11) is 0. The molecule has 0 aliphatic carbocycles. The minimum absolute atomic E-state index is 0.484. The molecule has 2 N–H and O–H groups in total. The Balaban J connectivity index is 2.05. The summed E-state index contributed by atoms with van der Waals surface area (Å²) in [5.74, 6) is 1.37. The van der Waals surface area contributed by atoms with Crippen molar-refractivity contribution in [2.75, 3.05) is 5.73 Å². The first-order valence-corrected chi connectivity index (χ1v) is 6.15.